The second kappa shape index (κ2) is 7.35. The van der Waals surface area contributed by atoms with Crippen molar-refractivity contribution >= 4 is 11.7 Å². The number of aromatic nitrogens is 1. The van der Waals surface area contributed by atoms with Gasteiger partial charge >= 0.3 is 5.97 Å². The third-order valence-corrected chi connectivity index (χ3v) is 4.56. The maximum atomic E-state index is 11.7. The molecule has 132 valence electrons. The van der Waals surface area contributed by atoms with Crippen LogP contribution >= 0.6 is 0 Å². The molecule has 1 aliphatic heterocycles. The van der Waals surface area contributed by atoms with E-state index in [0.29, 0.717) is 11.3 Å². The van der Waals surface area contributed by atoms with Crippen molar-refractivity contribution in [3.63, 3.8) is 0 Å². The lowest BCUT2D eigenvalue weighted by atomic mass is 9.99. The number of anilines is 1. The largest absolute Gasteiger partial charge is 0.476 e. The third-order valence-electron chi connectivity index (χ3n) is 4.56. The second-order valence-corrected chi connectivity index (χ2v) is 6.42. The summed E-state index contributed by atoms with van der Waals surface area (Å²) in [6.07, 6.45) is 2.19. The predicted octanol–water partition coefficient (Wildman–Crippen LogP) is 4.20. The molecule has 0 unspecified atom stereocenters. The molecule has 27 heavy (non-hydrogen) atoms. The monoisotopic (exact) mass is 354 g/mol. The van der Waals surface area contributed by atoms with Crippen LogP contribution in [-0.2, 0) is 6.42 Å². The number of carboxylic acids is 1. The van der Waals surface area contributed by atoms with Crippen molar-refractivity contribution in [1.29, 1.82) is 0 Å². The van der Waals surface area contributed by atoms with Crippen LogP contribution in [0.2, 0.25) is 0 Å². The first-order chi connectivity index (χ1) is 13.2. The highest BCUT2D eigenvalue weighted by atomic mass is 16.4. The van der Waals surface area contributed by atoms with Gasteiger partial charge in [0.15, 0.2) is 5.69 Å². The number of nitrogens with zero attached hydrogens (tertiary/aromatic N) is 1. The molecule has 0 aliphatic carbocycles. The molecule has 2 aromatic carbocycles. The summed E-state index contributed by atoms with van der Waals surface area (Å²) in [5.41, 5.74) is 5.13. The Kier molecular flexibility index (Phi) is 4.59. The molecular weight excluding hydrogens is 336 g/mol. The van der Waals surface area contributed by atoms with Gasteiger partial charge in [-0.3, -0.25) is 0 Å². The molecule has 1 aliphatic rings. The molecule has 2 heterocycles. The standard InChI is InChI=1S/C23H18N2O2/c26-23(27)22-18(9-8-16-5-2-1-3-6-16)12-13-20(25-22)19-11-10-17-7-4-14-24-21(17)15-19/h1-3,5-6,10-13,15,24H,4,7,14H2,(H,26,27). The lowest BCUT2D eigenvalue weighted by Crippen LogP contribution is -2.11. The fraction of sp³-hybridized carbons (Fsp3) is 0.130. The van der Waals surface area contributed by atoms with Gasteiger partial charge in [0.05, 0.1) is 11.3 Å². The Morgan fingerprint density at radius 1 is 1.04 bits per heavy atom. The van der Waals surface area contributed by atoms with Gasteiger partial charge in [-0.1, -0.05) is 42.2 Å². The summed E-state index contributed by atoms with van der Waals surface area (Å²) in [5.74, 6) is 4.85. The van der Waals surface area contributed by atoms with Crippen LogP contribution in [0.15, 0.2) is 60.7 Å². The second-order valence-electron chi connectivity index (χ2n) is 6.42. The van der Waals surface area contributed by atoms with Crippen molar-refractivity contribution in [2.75, 3.05) is 11.9 Å². The molecule has 4 rings (SSSR count). The average molecular weight is 354 g/mol. The molecule has 0 saturated carbocycles. The Morgan fingerprint density at radius 3 is 2.70 bits per heavy atom. The summed E-state index contributed by atoms with van der Waals surface area (Å²) >= 11 is 0. The summed E-state index contributed by atoms with van der Waals surface area (Å²) in [4.78, 5) is 16.1. The third kappa shape index (κ3) is 3.68. The van der Waals surface area contributed by atoms with Gasteiger partial charge in [0.25, 0.3) is 0 Å². The van der Waals surface area contributed by atoms with E-state index in [9.17, 15) is 9.90 Å². The minimum absolute atomic E-state index is 0.0263. The quantitative estimate of drug-likeness (QED) is 0.677. The zero-order chi connectivity index (χ0) is 18.6. The van der Waals surface area contributed by atoms with Crippen molar-refractivity contribution in [1.82, 2.24) is 4.98 Å². The van der Waals surface area contributed by atoms with Crippen LogP contribution in [0.25, 0.3) is 11.3 Å². The molecule has 0 spiro atoms. The SMILES string of the molecule is O=C(O)c1nc(-c2ccc3c(c2)NCCC3)ccc1C#Cc1ccccc1. The minimum Gasteiger partial charge on any atom is -0.476 e. The van der Waals surface area contributed by atoms with E-state index in [0.717, 1.165) is 36.2 Å². The number of pyridine rings is 1. The molecule has 0 fully saturated rings. The number of fused-ring (bicyclic) bond motifs is 1. The van der Waals surface area contributed by atoms with Gasteiger partial charge in [-0.05, 0) is 48.7 Å². The number of nitrogens with one attached hydrogen (secondary N) is 1. The molecule has 0 radical (unpaired) electrons. The molecule has 0 atom stereocenters. The normalized spacial score (nSPS) is 12.3. The van der Waals surface area contributed by atoms with Crippen molar-refractivity contribution in [3.8, 4) is 23.1 Å². The molecule has 0 amide bonds. The smallest absolute Gasteiger partial charge is 0.355 e. The molecule has 3 aromatic rings. The lowest BCUT2D eigenvalue weighted by molar-refractivity contribution is 0.0690. The molecule has 4 heteroatoms. The number of benzene rings is 2. The minimum atomic E-state index is -1.08. The average Bonchev–Trinajstić information content (AvgIpc) is 2.72. The topological polar surface area (TPSA) is 62.2 Å². The molecule has 0 bridgehead atoms. The van der Waals surface area contributed by atoms with Crippen LogP contribution in [0.5, 0.6) is 0 Å². The van der Waals surface area contributed by atoms with E-state index in [1.54, 1.807) is 6.07 Å². The van der Waals surface area contributed by atoms with Crippen LogP contribution < -0.4 is 5.32 Å². The Labute approximate surface area is 157 Å². The number of aromatic carboxylic acids is 1. The van der Waals surface area contributed by atoms with E-state index in [1.165, 1.54) is 5.56 Å². The van der Waals surface area contributed by atoms with Crippen molar-refractivity contribution in [2.45, 2.75) is 12.8 Å². The summed E-state index contributed by atoms with van der Waals surface area (Å²) in [5, 5.41) is 13.0. The molecule has 0 saturated heterocycles. The van der Waals surface area contributed by atoms with E-state index in [4.69, 9.17) is 0 Å². The first kappa shape index (κ1) is 16.9. The number of carboxylic acid groups (broad SMARTS) is 1. The highest BCUT2D eigenvalue weighted by Crippen LogP contribution is 2.28. The van der Waals surface area contributed by atoms with Crippen molar-refractivity contribution < 1.29 is 9.90 Å². The van der Waals surface area contributed by atoms with E-state index < -0.39 is 5.97 Å². The summed E-state index contributed by atoms with van der Waals surface area (Å²) in [6.45, 7) is 0.957. The number of aryl methyl sites for hydroxylation is 1. The number of rotatable bonds is 2. The Bertz CT molecular complexity index is 1060. The Balaban J connectivity index is 1.71. The van der Waals surface area contributed by atoms with Crippen molar-refractivity contribution in [3.05, 3.63) is 83.0 Å². The number of hydrogen-bond acceptors (Lipinski definition) is 3. The zero-order valence-corrected chi connectivity index (χ0v) is 14.7. The van der Waals surface area contributed by atoms with Crippen LogP contribution in [0.3, 0.4) is 0 Å². The van der Waals surface area contributed by atoms with Gasteiger partial charge in [-0.15, -0.1) is 0 Å². The maximum absolute atomic E-state index is 11.7. The predicted molar refractivity (Wildman–Crippen MR) is 106 cm³/mol. The number of hydrogen-bond donors (Lipinski definition) is 2. The summed E-state index contributed by atoms with van der Waals surface area (Å²) < 4.78 is 0. The molecular formula is C23H18N2O2. The highest BCUT2D eigenvalue weighted by molar-refractivity contribution is 5.89. The lowest BCUT2D eigenvalue weighted by Gasteiger charge is -2.18. The first-order valence-corrected chi connectivity index (χ1v) is 8.89. The van der Waals surface area contributed by atoms with Crippen LogP contribution in [0.1, 0.15) is 33.6 Å². The van der Waals surface area contributed by atoms with Gasteiger partial charge in [0.2, 0.25) is 0 Å². The zero-order valence-electron chi connectivity index (χ0n) is 14.7. The Morgan fingerprint density at radius 2 is 1.89 bits per heavy atom. The first-order valence-electron chi connectivity index (χ1n) is 8.89. The van der Waals surface area contributed by atoms with Crippen molar-refractivity contribution in [2.24, 2.45) is 0 Å². The summed E-state index contributed by atoms with van der Waals surface area (Å²) in [7, 11) is 0. The Hall–Kier alpha value is -3.58. The van der Waals surface area contributed by atoms with Crippen LogP contribution in [0, 0.1) is 11.8 Å². The van der Waals surface area contributed by atoms with E-state index in [2.05, 4.69) is 28.2 Å². The maximum Gasteiger partial charge on any atom is 0.355 e. The summed E-state index contributed by atoms with van der Waals surface area (Å²) in [6, 6.07) is 19.2. The van der Waals surface area contributed by atoms with E-state index >= 15 is 0 Å². The van der Waals surface area contributed by atoms with Crippen LogP contribution in [-0.4, -0.2) is 22.6 Å². The fourth-order valence-corrected chi connectivity index (χ4v) is 3.17. The highest BCUT2D eigenvalue weighted by Gasteiger charge is 2.14. The number of carbonyl (C=O) groups is 1. The molecule has 4 nitrogen and oxygen atoms in total. The van der Waals surface area contributed by atoms with Gasteiger partial charge < -0.3 is 10.4 Å². The molecule has 2 N–H and O–H groups in total. The van der Waals surface area contributed by atoms with E-state index in [-0.39, 0.29) is 5.69 Å². The van der Waals surface area contributed by atoms with Gasteiger partial charge in [0.1, 0.15) is 0 Å². The van der Waals surface area contributed by atoms with Gasteiger partial charge in [-0.2, -0.15) is 0 Å². The van der Waals surface area contributed by atoms with Gasteiger partial charge in [0, 0.05) is 23.4 Å². The molecule has 1 aromatic heterocycles. The fourth-order valence-electron chi connectivity index (χ4n) is 3.17. The van der Waals surface area contributed by atoms with E-state index in [1.807, 2.05) is 48.5 Å². The van der Waals surface area contributed by atoms with Gasteiger partial charge in [-0.25, -0.2) is 9.78 Å². The van der Waals surface area contributed by atoms with Crippen LogP contribution in [0.4, 0.5) is 5.69 Å².